The molecule has 134 valence electrons. The minimum Gasteiger partial charge on any atom is -0.477 e. The van der Waals surface area contributed by atoms with Crippen molar-refractivity contribution in [1.82, 2.24) is 9.62 Å². The molecule has 6 nitrogen and oxygen atoms in total. The van der Waals surface area contributed by atoms with Gasteiger partial charge in [0, 0.05) is 31.1 Å². The smallest absolute Gasteiger partial charge is 0.345 e. The zero-order valence-electron chi connectivity index (χ0n) is 13.6. The standard InChI is InChI=1S/C17H20N2O4S2/c20-17(21)16-10-15(12-24-16)25(22,23)18-14-6-8-19(9-7-14)11-13-4-2-1-3-5-13/h1-5,10,12,14,18H,6-9,11H2,(H,20,21). The second-order valence-electron chi connectivity index (χ2n) is 6.11. The summed E-state index contributed by atoms with van der Waals surface area (Å²) in [5.74, 6) is -1.11. The first kappa shape index (κ1) is 18.1. The number of benzene rings is 1. The molecule has 0 unspecified atom stereocenters. The van der Waals surface area contributed by atoms with Crippen molar-refractivity contribution >= 4 is 27.3 Å². The molecule has 3 rings (SSSR count). The Balaban J connectivity index is 1.55. The van der Waals surface area contributed by atoms with E-state index in [1.807, 2.05) is 18.2 Å². The summed E-state index contributed by atoms with van der Waals surface area (Å²) in [5, 5.41) is 10.3. The Morgan fingerprint density at radius 3 is 2.52 bits per heavy atom. The van der Waals surface area contributed by atoms with Crippen molar-refractivity contribution in [2.75, 3.05) is 13.1 Å². The normalized spacial score (nSPS) is 16.8. The lowest BCUT2D eigenvalue weighted by molar-refractivity contribution is 0.0702. The molecule has 0 atom stereocenters. The van der Waals surface area contributed by atoms with Crippen LogP contribution in [0.5, 0.6) is 0 Å². The summed E-state index contributed by atoms with van der Waals surface area (Å²) < 4.78 is 27.5. The van der Waals surface area contributed by atoms with Crippen LogP contribution in [0.15, 0.2) is 46.7 Å². The van der Waals surface area contributed by atoms with Crippen LogP contribution < -0.4 is 4.72 Å². The lowest BCUT2D eigenvalue weighted by Gasteiger charge is -2.32. The van der Waals surface area contributed by atoms with E-state index >= 15 is 0 Å². The number of hydrogen-bond acceptors (Lipinski definition) is 5. The second kappa shape index (κ2) is 7.65. The first-order valence-electron chi connectivity index (χ1n) is 8.04. The van der Waals surface area contributed by atoms with Crippen LogP contribution in [0, 0.1) is 0 Å². The summed E-state index contributed by atoms with van der Waals surface area (Å²) >= 11 is 0.921. The van der Waals surface area contributed by atoms with Crippen molar-refractivity contribution in [1.29, 1.82) is 0 Å². The number of piperidine rings is 1. The van der Waals surface area contributed by atoms with Gasteiger partial charge in [0.15, 0.2) is 0 Å². The number of likely N-dealkylation sites (tertiary alicyclic amines) is 1. The summed E-state index contributed by atoms with van der Waals surface area (Å²) in [6, 6.07) is 11.3. The average Bonchev–Trinajstić information content (AvgIpc) is 3.09. The Labute approximate surface area is 151 Å². The molecule has 1 saturated heterocycles. The highest BCUT2D eigenvalue weighted by Gasteiger charge is 2.26. The summed E-state index contributed by atoms with van der Waals surface area (Å²) in [4.78, 5) is 13.3. The predicted octanol–water partition coefficient (Wildman–Crippen LogP) is 2.39. The molecule has 2 aromatic rings. The molecular formula is C17H20N2O4S2. The zero-order chi connectivity index (χ0) is 17.9. The van der Waals surface area contributed by atoms with Crippen LogP contribution in [0.4, 0.5) is 0 Å². The van der Waals surface area contributed by atoms with Crippen LogP contribution in [-0.2, 0) is 16.6 Å². The molecule has 1 aromatic heterocycles. The fraction of sp³-hybridized carbons (Fsp3) is 0.353. The van der Waals surface area contributed by atoms with E-state index in [0.29, 0.717) is 0 Å². The molecule has 25 heavy (non-hydrogen) atoms. The van der Waals surface area contributed by atoms with Crippen molar-refractivity contribution in [3.8, 4) is 0 Å². The van der Waals surface area contributed by atoms with E-state index in [1.165, 1.54) is 17.0 Å². The quantitative estimate of drug-likeness (QED) is 0.804. The number of thiophene rings is 1. The first-order valence-corrected chi connectivity index (χ1v) is 10.4. The van der Waals surface area contributed by atoms with Crippen LogP contribution in [0.1, 0.15) is 28.1 Å². The third-order valence-electron chi connectivity index (χ3n) is 4.25. The maximum Gasteiger partial charge on any atom is 0.345 e. The van der Waals surface area contributed by atoms with Crippen LogP contribution in [0.2, 0.25) is 0 Å². The Morgan fingerprint density at radius 1 is 1.24 bits per heavy atom. The number of carboxylic acid groups (broad SMARTS) is 1. The molecule has 0 spiro atoms. The number of nitrogens with zero attached hydrogens (tertiary/aromatic N) is 1. The van der Waals surface area contributed by atoms with Gasteiger partial charge in [-0.05, 0) is 24.5 Å². The van der Waals surface area contributed by atoms with Crippen molar-refractivity contribution in [3.63, 3.8) is 0 Å². The lowest BCUT2D eigenvalue weighted by atomic mass is 10.1. The van der Waals surface area contributed by atoms with Crippen molar-refractivity contribution < 1.29 is 18.3 Å². The minimum atomic E-state index is -3.67. The van der Waals surface area contributed by atoms with Gasteiger partial charge >= 0.3 is 5.97 Å². The molecule has 0 aliphatic carbocycles. The second-order valence-corrected chi connectivity index (χ2v) is 8.73. The predicted molar refractivity (Wildman–Crippen MR) is 96.3 cm³/mol. The van der Waals surface area contributed by atoms with E-state index in [9.17, 15) is 13.2 Å². The number of aromatic carboxylic acids is 1. The van der Waals surface area contributed by atoms with E-state index in [-0.39, 0.29) is 15.8 Å². The fourth-order valence-corrected chi connectivity index (χ4v) is 5.33. The molecule has 8 heteroatoms. The molecule has 0 saturated carbocycles. The van der Waals surface area contributed by atoms with E-state index in [1.54, 1.807) is 0 Å². The van der Waals surface area contributed by atoms with E-state index < -0.39 is 16.0 Å². The number of carboxylic acids is 1. The molecule has 0 radical (unpaired) electrons. The molecule has 1 aliphatic heterocycles. The van der Waals surface area contributed by atoms with E-state index in [4.69, 9.17) is 5.11 Å². The monoisotopic (exact) mass is 380 g/mol. The van der Waals surface area contributed by atoms with Crippen LogP contribution >= 0.6 is 11.3 Å². The first-order chi connectivity index (χ1) is 11.9. The highest BCUT2D eigenvalue weighted by atomic mass is 32.2. The maximum absolute atomic E-state index is 12.4. The van der Waals surface area contributed by atoms with Gasteiger partial charge in [-0.3, -0.25) is 4.90 Å². The highest BCUT2D eigenvalue weighted by Crippen LogP contribution is 2.21. The van der Waals surface area contributed by atoms with E-state index in [2.05, 4.69) is 21.8 Å². The van der Waals surface area contributed by atoms with Crippen molar-refractivity contribution in [3.05, 3.63) is 52.2 Å². The third kappa shape index (κ3) is 4.66. The maximum atomic E-state index is 12.4. The highest BCUT2D eigenvalue weighted by molar-refractivity contribution is 7.89. The van der Waals surface area contributed by atoms with Gasteiger partial charge < -0.3 is 5.11 Å². The Hall–Kier alpha value is -1.74. The van der Waals surface area contributed by atoms with Gasteiger partial charge in [0.1, 0.15) is 4.88 Å². The van der Waals surface area contributed by atoms with Gasteiger partial charge in [0.05, 0.1) is 4.90 Å². The number of nitrogens with one attached hydrogen (secondary N) is 1. The lowest BCUT2D eigenvalue weighted by Crippen LogP contribution is -2.44. The van der Waals surface area contributed by atoms with Gasteiger partial charge in [-0.1, -0.05) is 30.3 Å². The molecule has 2 heterocycles. The number of rotatable bonds is 6. The molecule has 1 aromatic carbocycles. The SMILES string of the molecule is O=C(O)c1cc(S(=O)(=O)NC2CCN(Cc3ccccc3)CC2)cs1. The largest absolute Gasteiger partial charge is 0.477 e. The number of sulfonamides is 1. The van der Waals surface area contributed by atoms with Crippen molar-refractivity contribution in [2.24, 2.45) is 0 Å². The Morgan fingerprint density at radius 2 is 1.92 bits per heavy atom. The Bertz CT molecular complexity index is 825. The summed E-state index contributed by atoms with van der Waals surface area (Å²) in [6.45, 7) is 2.52. The number of carbonyl (C=O) groups is 1. The Kier molecular flexibility index (Phi) is 5.53. The molecule has 1 fully saturated rings. The summed E-state index contributed by atoms with van der Waals surface area (Å²) in [5.41, 5.74) is 1.25. The zero-order valence-corrected chi connectivity index (χ0v) is 15.2. The molecular weight excluding hydrogens is 360 g/mol. The van der Waals surface area contributed by atoms with Gasteiger partial charge in [-0.25, -0.2) is 17.9 Å². The van der Waals surface area contributed by atoms with Gasteiger partial charge in [-0.15, -0.1) is 11.3 Å². The van der Waals surface area contributed by atoms with Gasteiger partial charge in [0.2, 0.25) is 10.0 Å². The van der Waals surface area contributed by atoms with Crippen LogP contribution in [-0.4, -0.2) is 43.5 Å². The minimum absolute atomic E-state index is 0.0260. The fourth-order valence-electron chi connectivity index (χ4n) is 2.91. The number of hydrogen-bond donors (Lipinski definition) is 2. The molecule has 2 N–H and O–H groups in total. The molecule has 0 bridgehead atoms. The summed E-state index contributed by atoms with van der Waals surface area (Å²) in [7, 11) is -3.67. The molecule has 1 aliphatic rings. The van der Waals surface area contributed by atoms with Crippen LogP contribution in [0.3, 0.4) is 0 Å². The van der Waals surface area contributed by atoms with Gasteiger partial charge in [-0.2, -0.15) is 0 Å². The molecule has 0 amide bonds. The summed E-state index contributed by atoms with van der Waals surface area (Å²) in [6.07, 6.45) is 1.48. The van der Waals surface area contributed by atoms with Crippen LogP contribution in [0.25, 0.3) is 0 Å². The average molecular weight is 380 g/mol. The topological polar surface area (TPSA) is 86.7 Å². The third-order valence-corrected chi connectivity index (χ3v) is 6.82. The van der Waals surface area contributed by atoms with Gasteiger partial charge in [0.25, 0.3) is 0 Å². The van der Waals surface area contributed by atoms with Crippen molar-refractivity contribution in [2.45, 2.75) is 30.3 Å². The van der Waals surface area contributed by atoms with E-state index in [0.717, 1.165) is 43.8 Å².